The number of anilines is 1. The summed E-state index contributed by atoms with van der Waals surface area (Å²) in [6.45, 7) is 3.81. The predicted molar refractivity (Wildman–Crippen MR) is 178 cm³/mol. The van der Waals surface area contributed by atoms with Crippen molar-refractivity contribution in [1.29, 1.82) is 0 Å². The van der Waals surface area contributed by atoms with E-state index in [4.69, 9.17) is 0 Å². The summed E-state index contributed by atoms with van der Waals surface area (Å²) in [6.07, 6.45) is 1.84. The number of aryl methyl sites for hydroxylation is 1. The Hall–Kier alpha value is -5.03. The second kappa shape index (κ2) is 15.8. The van der Waals surface area contributed by atoms with E-state index in [1.165, 1.54) is 41.3 Å². The normalized spacial score (nSPS) is 11.8. The van der Waals surface area contributed by atoms with Crippen LogP contribution in [0.4, 0.5) is 11.4 Å². The van der Waals surface area contributed by atoms with Crippen molar-refractivity contribution in [2.24, 2.45) is 0 Å². The molecule has 2 amide bonds. The average Bonchev–Trinajstić information content (AvgIpc) is 3.07. The highest BCUT2D eigenvalue weighted by Gasteiger charge is 2.34. The first-order valence-electron chi connectivity index (χ1n) is 15.1. The first kappa shape index (κ1) is 33.9. The lowest BCUT2D eigenvalue weighted by molar-refractivity contribution is -0.384. The fourth-order valence-electron chi connectivity index (χ4n) is 4.94. The van der Waals surface area contributed by atoms with Gasteiger partial charge in [-0.05, 0) is 48.7 Å². The third kappa shape index (κ3) is 8.79. The number of non-ortho nitro benzene ring substituents is 1. The van der Waals surface area contributed by atoms with Crippen molar-refractivity contribution in [3.63, 3.8) is 0 Å². The number of amides is 2. The smallest absolute Gasteiger partial charge is 0.269 e. The van der Waals surface area contributed by atoms with Crippen molar-refractivity contribution >= 4 is 33.2 Å². The zero-order chi connectivity index (χ0) is 33.1. The van der Waals surface area contributed by atoms with Crippen molar-refractivity contribution in [2.75, 3.05) is 17.4 Å². The molecule has 4 aromatic rings. The molecule has 1 N–H and O–H groups in total. The Balaban J connectivity index is 1.79. The number of sulfonamides is 1. The van der Waals surface area contributed by atoms with Gasteiger partial charge in [0.25, 0.3) is 15.7 Å². The van der Waals surface area contributed by atoms with E-state index in [-0.39, 0.29) is 35.1 Å². The topological polar surface area (TPSA) is 130 Å². The van der Waals surface area contributed by atoms with Gasteiger partial charge in [-0.3, -0.25) is 24.0 Å². The van der Waals surface area contributed by atoms with E-state index < -0.39 is 33.4 Å². The molecule has 0 radical (unpaired) electrons. The van der Waals surface area contributed by atoms with E-state index in [0.29, 0.717) is 6.54 Å². The number of nitrogens with zero attached hydrogens (tertiary/aromatic N) is 3. The summed E-state index contributed by atoms with van der Waals surface area (Å²) in [5.74, 6) is -0.949. The number of nitro groups is 1. The molecule has 0 fully saturated rings. The molecular weight excluding hydrogens is 604 g/mol. The molecule has 10 nitrogen and oxygen atoms in total. The molecule has 4 aromatic carbocycles. The van der Waals surface area contributed by atoms with E-state index in [0.717, 1.165) is 33.8 Å². The molecule has 1 atom stereocenters. The van der Waals surface area contributed by atoms with Gasteiger partial charge < -0.3 is 10.2 Å². The standard InChI is InChI=1S/C35H38N4O6S/c1-3-4-23-36-35(41)33(24-28-11-7-5-8-12-28)37(25-29-17-15-27(2)16-18-29)34(40)26-38(30-19-21-31(22-20-30)39(42)43)46(44,45)32-13-9-6-10-14-32/h5-22,33H,3-4,23-26H2,1-2H3,(H,36,41). The van der Waals surface area contributed by atoms with Crippen LogP contribution in [-0.4, -0.2) is 49.2 Å². The predicted octanol–water partition coefficient (Wildman–Crippen LogP) is 5.65. The van der Waals surface area contributed by atoms with Crippen molar-refractivity contribution in [1.82, 2.24) is 10.2 Å². The first-order valence-corrected chi connectivity index (χ1v) is 16.5. The number of carbonyl (C=O) groups is 2. The Bertz CT molecular complexity index is 1710. The minimum Gasteiger partial charge on any atom is -0.354 e. The summed E-state index contributed by atoms with van der Waals surface area (Å²) in [5, 5.41) is 14.3. The number of benzene rings is 4. The monoisotopic (exact) mass is 642 g/mol. The molecule has 0 aliphatic rings. The largest absolute Gasteiger partial charge is 0.354 e. The van der Waals surface area contributed by atoms with Gasteiger partial charge in [-0.15, -0.1) is 0 Å². The zero-order valence-electron chi connectivity index (χ0n) is 25.9. The summed E-state index contributed by atoms with van der Waals surface area (Å²) >= 11 is 0. The van der Waals surface area contributed by atoms with Gasteiger partial charge in [0.05, 0.1) is 15.5 Å². The minimum absolute atomic E-state index is 0.0515. The molecule has 240 valence electrons. The number of carbonyl (C=O) groups excluding carboxylic acids is 2. The number of hydrogen-bond acceptors (Lipinski definition) is 6. The molecule has 0 saturated heterocycles. The Morgan fingerprint density at radius 1 is 0.848 bits per heavy atom. The third-order valence-corrected chi connectivity index (χ3v) is 9.32. The molecule has 0 aliphatic heterocycles. The highest BCUT2D eigenvalue weighted by atomic mass is 32.2. The van der Waals surface area contributed by atoms with Crippen LogP contribution in [0.5, 0.6) is 0 Å². The van der Waals surface area contributed by atoms with Crippen molar-refractivity contribution < 1.29 is 22.9 Å². The van der Waals surface area contributed by atoms with Crippen LogP contribution in [0.3, 0.4) is 0 Å². The van der Waals surface area contributed by atoms with Crippen LogP contribution in [-0.2, 0) is 32.6 Å². The molecule has 4 rings (SSSR count). The molecule has 46 heavy (non-hydrogen) atoms. The van der Waals surface area contributed by atoms with Crippen LogP contribution >= 0.6 is 0 Å². The Kier molecular flexibility index (Phi) is 11.6. The van der Waals surface area contributed by atoms with Gasteiger partial charge in [0.2, 0.25) is 11.8 Å². The van der Waals surface area contributed by atoms with E-state index in [1.54, 1.807) is 18.2 Å². The van der Waals surface area contributed by atoms with Gasteiger partial charge in [0.1, 0.15) is 12.6 Å². The molecule has 0 aliphatic carbocycles. The van der Waals surface area contributed by atoms with E-state index >= 15 is 0 Å². The van der Waals surface area contributed by atoms with Crippen LogP contribution in [0.15, 0.2) is 114 Å². The van der Waals surface area contributed by atoms with E-state index in [9.17, 15) is 28.1 Å². The maximum Gasteiger partial charge on any atom is 0.269 e. The molecule has 0 heterocycles. The Morgan fingerprint density at radius 3 is 2.04 bits per heavy atom. The summed E-state index contributed by atoms with van der Waals surface area (Å²) < 4.78 is 29.0. The lowest BCUT2D eigenvalue weighted by Crippen LogP contribution is -2.53. The fraction of sp³-hybridized carbons (Fsp3) is 0.257. The summed E-state index contributed by atoms with van der Waals surface area (Å²) in [4.78, 5) is 40.4. The van der Waals surface area contributed by atoms with Gasteiger partial charge in [0, 0.05) is 31.6 Å². The fourth-order valence-corrected chi connectivity index (χ4v) is 6.37. The second-order valence-corrected chi connectivity index (χ2v) is 12.8. The third-order valence-electron chi connectivity index (χ3n) is 7.53. The van der Waals surface area contributed by atoms with Gasteiger partial charge in [-0.1, -0.05) is 91.7 Å². The highest BCUT2D eigenvalue weighted by molar-refractivity contribution is 7.92. The average molecular weight is 643 g/mol. The van der Waals surface area contributed by atoms with Gasteiger partial charge in [0.15, 0.2) is 0 Å². The number of rotatable bonds is 15. The molecule has 0 bridgehead atoms. The van der Waals surface area contributed by atoms with Crippen LogP contribution in [0, 0.1) is 17.0 Å². The zero-order valence-corrected chi connectivity index (χ0v) is 26.7. The summed E-state index contributed by atoms with van der Waals surface area (Å²) in [7, 11) is -4.30. The Labute approximate surface area is 269 Å². The SMILES string of the molecule is CCCCNC(=O)C(Cc1ccccc1)N(Cc1ccc(C)cc1)C(=O)CN(c1ccc([N+](=O)[O-])cc1)S(=O)(=O)c1ccccc1. The first-order chi connectivity index (χ1) is 22.1. The van der Waals surface area contributed by atoms with Crippen LogP contribution in [0.25, 0.3) is 0 Å². The van der Waals surface area contributed by atoms with Crippen LogP contribution in [0.1, 0.15) is 36.5 Å². The second-order valence-electron chi connectivity index (χ2n) is 11.0. The molecular formula is C35H38N4O6S. The van der Waals surface area contributed by atoms with Crippen molar-refractivity contribution in [2.45, 2.75) is 50.6 Å². The molecule has 11 heteroatoms. The number of nitrogens with one attached hydrogen (secondary N) is 1. The van der Waals surface area contributed by atoms with Crippen LogP contribution < -0.4 is 9.62 Å². The Morgan fingerprint density at radius 2 is 1.46 bits per heavy atom. The molecule has 0 spiro atoms. The summed E-state index contributed by atoms with van der Waals surface area (Å²) in [5.41, 5.74) is 2.48. The highest BCUT2D eigenvalue weighted by Crippen LogP contribution is 2.27. The lowest BCUT2D eigenvalue weighted by atomic mass is 10.0. The maximum atomic E-state index is 14.4. The molecule has 0 aromatic heterocycles. The maximum absolute atomic E-state index is 14.4. The van der Waals surface area contributed by atoms with Crippen LogP contribution in [0.2, 0.25) is 0 Å². The van der Waals surface area contributed by atoms with Gasteiger partial charge in [-0.2, -0.15) is 0 Å². The lowest BCUT2D eigenvalue weighted by Gasteiger charge is -2.34. The minimum atomic E-state index is -4.30. The number of nitro benzene ring substituents is 1. The van der Waals surface area contributed by atoms with Gasteiger partial charge in [-0.25, -0.2) is 8.42 Å². The van der Waals surface area contributed by atoms with Gasteiger partial charge >= 0.3 is 0 Å². The quantitative estimate of drug-likeness (QED) is 0.101. The van der Waals surface area contributed by atoms with Crippen molar-refractivity contribution in [3.05, 3.63) is 136 Å². The molecule has 1 unspecified atom stereocenters. The molecule has 0 saturated carbocycles. The van der Waals surface area contributed by atoms with Crippen molar-refractivity contribution in [3.8, 4) is 0 Å². The number of unbranched alkanes of at least 4 members (excludes halogenated alkanes) is 1. The number of hydrogen-bond donors (Lipinski definition) is 1. The van der Waals surface area contributed by atoms with E-state index in [2.05, 4.69) is 5.32 Å². The van der Waals surface area contributed by atoms with E-state index in [1.807, 2.05) is 68.4 Å². The summed E-state index contributed by atoms with van der Waals surface area (Å²) in [6, 6.07) is 28.6.